The SMILES string of the molecule is CC.CC.CCC1CC(c2ccc3c(c2)OCO3)CN1CC=C1CC1.CCCCC.CCCCN(C)CCCC. The summed E-state index contributed by atoms with van der Waals surface area (Å²) in [6.07, 6.45) is 17.0. The molecule has 1 saturated carbocycles. The topological polar surface area (TPSA) is 24.9 Å². The van der Waals surface area contributed by atoms with Crippen molar-refractivity contribution < 1.29 is 9.47 Å². The van der Waals surface area contributed by atoms with Gasteiger partial charge in [-0.25, -0.2) is 0 Å². The zero-order valence-corrected chi connectivity index (χ0v) is 28.5. The van der Waals surface area contributed by atoms with Gasteiger partial charge in [-0.3, -0.25) is 4.90 Å². The van der Waals surface area contributed by atoms with Crippen LogP contribution in [0.3, 0.4) is 0 Å². The van der Waals surface area contributed by atoms with E-state index in [4.69, 9.17) is 9.47 Å². The molecule has 0 spiro atoms. The molecule has 40 heavy (non-hydrogen) atoms. The van der Waals surface area contributed by atoms with Crippen LogP contribution in [-0.2, 0) is 0 Å². The summed E-state index contributed by atoms with van der Waals surface area (Å²) >= 11 is 0. The van der Waals surface area contributed by atoms with E-state index in [0.717, 1.165) is 24.1 Å². The number of hydrogen-bond acceptors (Lipinski definition) is 4. The van der Waals surface area contributed by atoms with E-state index in [1.807, 2.05) is 27.7 Å². The Morgan fingerprint density at radius 2 is 1.40 bits per heavy atom. The molecule has 4 nitrogen and oxygen atoms in total. The van der Waals surface area contributed by atoms with Crippen LogP contribution in [-0.4, -0.2) is 55.9 Å². The normalized spacial score (nSPS) is 18.3. The van der Waals surface area contributed by atoms with Crippen molar-refractivity contribution in [1.82, 2.24) is 9.80 Å². The lowest BCUT2D eigenvalue weighted by Gasteiger charge is -2.21. The van der Waals surface area contributed by atoms with Gasteiger partial charge < -0.3 is 14.4 Å². The fourth-order valence-corrected chi connectivity index (χ4v) is 4.89. The Labute approximate surface area is 250 Å². The number of allylic oxidation sites excluding steroid dienone is 1. The first kappa shape index (κ1) is 38.5. The molecule has 0 N–H and O–H groups in total. The number of likely N-dealkylation sites (tertiary alicyclic amines) is 1. The molecule has 1 saturated heterocycles. The first-order valence-electron chi connectivity index (χ1n) is 17.1. The number of fused-ring (bicyclic) bond motifs is 1. The number of hydrogen-bond donors (Lipinski definition) is 0. The Morgan fingerprint density at radius 3 is 1.90 bits per heavy atom. The van der Waals surface area contributed by atoms with E-state index in [1.54, 1.807) is 5.57 Å². The van der Waals surface area contributed by atoms with Crippen LogP contribution in [0.15, 0.2) is 29.8 Å². The predicted octanol–water partition coefficient (Wildman–Crippen LogP) is 10.5. The summed E-state index contributed by atoms with van der Waals surface area (Å²) in [6.45, 7) is 24.4. The number of unbranched alkanes of at least 4 members (excludes halogenated alkanes) is 4. The van der Waals surface area contributed by atoms with Crippen LogP contribution in [0.5, 0.6) is 11.5 Å². The van der Waals surface area contributed by atoms with E-state index in [9.17, 15) is 0 Å². The zero-order valence-electron chi connectivity index (χ0n) is 28.5. The molecule has 0 radical (unpaired) electrons. The van der Waals surface area contributed by atoms with Gasteiger partial charge in [0.2, 0.25) is 6.79 Å². The summed E-state index contributed by atoms with van der Waals surface area (Å²) < 4.78 is 10.9. The highest BCUT2D eigenvalue weighted by molar-refractivity contribution is 5.45. The highest BCUT2D eigenvalue weighted by Gasteiger charge is 2.32. The van der Waals surface area contributed by atoms with Crippen molar-refractivity contribution in [3.63, 3.8) is 0 Å². The summed E-state index contributed by atoms with van der Waals surface area (Å²) in [5.74, 6) is 2.43. The van der Waals surface area contributed by atoms with Crippen molar-refractivity contribution >= 4 is 0 Å². The van der Waals surface area contributed by atoms with Crippen LogP contribution in [0.25, 0.3) is 0 Å². The molecular weight excluding hydrogens is 492 g/mol. The van der Waals surface area contributed by atoms with Crippen LogP contribution in [0.1, 0.15) is 144 Å². The molecule has 2 heterocycles. The molecule has 234 valence electrons. The van der Waals surface area contributed by atoms with Crippen molar-refractivity contribution in [3.8, 4) is 11.5 Å². The van der Waals surface area contributed by atoms with Gasteiger partial charge in [-0.15, -0.1) is 0 Å². The maximum Gasteiger partial charge on any atom is 0.231 e. The Kier molecular flexibility index (Phi) is 24.3. The van der Waals surface area contributed by atoms with Crippen LogP contribution in [0.2, 0.25) is 0 Å². The van der Waals surface area contributed by atoms with Crippen molar-refractivity contribution in [1.29, 1.82) is 0 Å². The lowest BCUT2D eigenvalue weighted by molar-refractivity contribution is 0.174. The predicted molar refractivity (Wildman–Crippen MR) is 178 cm³/mol. The maximum atomic E-state index is 5.52. The molecule has 0 bridgehead atoms. The molecule has 1 aliphatic carbocycles. The van der Waals surface area contributed by atoms with E-state index < -0.39 is 0 Å². The molecule has 2 atom stereocenters. The first-order chi connectivity index (χ1) is 19.6. The zero-order chi connectivity index (χ0) is 30.2. The summed E-state index contributed by atoms with van der Waals surface area (Å²) in [6, 6.07) is 7.18. The fraction of sp³-hybridized carbons (Fsp3) is 0.778. The van der Waals surface area contributed by atoms with Gasteiger partial charge in [0.05, 0.1) is 0 Å². The number of nitrogens with zero attached hydrogens (tertiary/aromatic N) is 2. The van der Waals surface area contributed by atoms with Gasteiger partial charge in [-0.1, -0.05) is 112 Å². The second kappa shape index (κ2) is 25.2. The number of benzene rings is 1. The van der Waals surface area contributed by atoms with Crippen LogP contribution >= 0.6 is 0 Å². The molecule has 3 aliphatic rings. The summed E-state index contributed by atoms with van der Waals surface area (Å²) in [4.78, 5) is 5.08. The maximum absolute atomic E-state index is 5.52. The third-order valence-corrected chi connectivity index (χ3v) is 7.51. The Bertz CT molecular complexity index is 732. The molecule has 0 aromatic heterocycles. The monoisotopic (exact) mass is 561 g/mol. The van der Waals surface area contributed by atoms with Crippen molar-refractivity contribution in [2.24, 2.45) is 0 Å². The highest BCUT2D eigenvalue weighted by Crippen LogP contribution is 2.39. The molecule has 2 aliphatic heterocycles. The Hall–Kier alpha value is -1.52. The van der Waals surface area contributed by atoms with E-state index in [-0.39, 0.29) is 0 Å². The Balaban J connectivity index is 0.000000675. The highest BCUT2D eigenvalue weighted by atomic mass is 16.7. The van der Waals surface area contributed by atoms with Gasteiger partial charge in [0.15, 0.2) is 11.5 Å². The van der Waals surface area contributed by atoms with Gasteiger partial charge in [0.1, 0.15) is 0 Å². The van der Waals surface area contributed by atoms with E-state index in [2.05, 4.69) is 75.7 Å². The van der Waals surface area contributed by atoms with E-state index >= 15 is 0 Å². The minimum atomic E-state index is 0.362. The smallest absolute Gasteiger partial charge is 0.231 e. The van der Waals surface area contributed by atoms with Crippen molar-refractivity contribution in [2.45, 2.75) is 145 Å². The lowest BCUT2D eigenvalue weighted by atomic mass is 9.95. The van der Waals surface area contributed by atoms with Crippen LogP contribution < -0.4 is 9.47 Å². The standard InChI is InChI=1S/C18H23NO2.C9H21N.C5H12.2C2H6/c1-2-16-9-15(11-19(16)8-7-13-3-4-13)14-5-6-17-18(10-14)21-12-20-17;1-4-6-8-10(3)9-7-5-2;1-3-5-4-2;2*1-2/h5-7,10,15-16H,2-4,8-9,11-12H2,1H3;4-9H2,1-3H3;3-5H2,1-2H3;2*1-2H3. The Morgan fingerprint density at radius 1 is 0.825 bits per heavy atom. The number of ether oxygens (including phenoxy) is 2. The average Bonchev–Trinajstić information content (AvgIpc) is 3.55. The summed E-state index contributed by atoms with van der Waals surface area (Å²) in [5, 5.41) is 0. The fourth-order valence-electron chi connectivity index (χ4n) is 4.89. The van der Waals surface area contributed by atoms with Gasteiger partial charge in [-0.05, 0) is 82.3 Å². The summed E-state index contributed by atoms with van der Waals surface area (Å²) in [7, 11) is 2.21. The number of rotatable bonds is 12. The van der Waals surface area contributed by atoms with Gasteiger partial charge in [0, 0.05) is 19.1 Å². The molecule has 4 heteroatoms. The van der Waals surface area contributed by atoms with Crippen LogP contribution in [0.4, 0.5) is 0 Å². The average molecular weight is 561 g/mol. The van der Waals surface area contributed by atoms with E-state index in [1.165, 1.54) is 95.8 Å². The molecular formula is C36H68N2O2. The second-order valence-corrected chi connectivity index (χ2v) is 10.8. The molecule has 1 aromatic rings. The molecule has 2 fully saturated rings. The van der Waals surface area contributed by atoms with Crippen molar-refractivity contribution in [3.05, 3.63) is 35.4 Å². The van der Waals surface area contributed by atoms with E-state index in [0.29, 0.717) is 12.7 Å². The quantitative estimate of drug-likeness (QED) is 0.237. The first-order valence-corrected chi connectivity index (χ1v) is 17.1. The molecule has 4 rings (SSSR count). The minimum Gasteiger partial charge on any atom is -0.454 e. The van der Waals surface area contributed by atoms with Crippen LogP contribution in [0, 0.1) is 0 Å². The van der Waals surface area contributed by atoms with Gasteiger partial charge in [0.25, 0.3) is 0 Å². The van der Waals surface area contributed by atoms with Crippen molar-refractivity contribution in [2.75, 3.05) is 40.0 Å². The third-order valence-electron chi connectivity index (χ3n) is 7.51. The lowest BCUT2D eigenvalue weighted by Crippen LogP contribution is -2.29. The molecule has 1 aromatic carbocycles. The second-order valence-electron chi connectivity index (χ2n) is 10.8. The summed E-state index contributed by atoms with van der Waals surface area (Å²) in [5.41, 5.74) is 3.05. The molecule has 2 unspecified atom stereocenters. The largest absolute Gasteiger partial charge is 0.454 e. The third kappa shape index (κ3) is 16.1. The van der Waals surface area contributed by atoms with Gasteiger partial charge >= 0.3 is 0 Å². The minimum absolute atomic E-state index is 0.362. The van der Waals surface area contributed by atoms with Gasteiger partial charge in [-0.2, -0.15) is 0 Å². The molecule has 0 amide bonds.